The third-order valence-electron chi connectivity index (χ3n) is 3.02. The number of para-hydroxylation sites is 1. The zero-order valence-electron chi connectivity index (χ0n) is 10.5. The van der Waals surface area contributed by atoms with E-state index >= 15 is 0 Å². The summed E-state index contributed by atoms with van der Waals surface area (Å²) < 4.78 is 5.19. The second-order valence-electron chi connectivity index (χ2n) is 4.18. The first-order valence-corrected chi connectivity index (χ1v) is 6.24. The third kappa shape index (κ3) is 2.59. The van der Waals surface area contributed by atoms with Crippen LogP contribution in [0.5, 0.6) is 0 Å². The van der Waals surface area contributed by atoms with Gasteiger partial charge < -0.3 is 9.64 Å². The van der Waals surface area contributed by atoms with E-state index in [-0.39, 0.29) is 11.7 Å². The second kappa shape index (κ2) is 5.78. The van der Waals surface area contributed by atoms with Crippen molar-refractivity contribution in [3.05, 3.63) is 29.8 Å². The minimum atomic E-state index is 0.0170. The van der Waals surface area contributed by atoms with Crippen molar-refractivity contribution in [2.75, 3.05) is 24.7 Å². The van der Waals surface area contributed by atoms with Crippen molar-refractivity contribution in [3.8, 4) is 0 Å². The van der Waals surface area contributed by atoms with Gasteiger partial charge in [0, 0.05) is 25.1 Å². The van der Waals surface area contributed by atoms with Gasteiger partial charge in [-0.3, -0.25) is 9.59 Å². The number of carbonyl (C=O) groups is 2. The number of nitrogens with zero attached hydrogens (tertiary/aromatic N) is 1. The summed E-state index contributed by atoms with van der Waals surface area (Å²) >= 11 is 0. The van der Waals surface area contributed by atoms with Gasteiger partial charge >= 0.3 is 0 Å². The summed E-state index contributed by atoms with van der Waals surface area (Å²) in [6.07, 6.45) is 0.758. The third-order valence-corrected chi connectivity index (χ3v) is 3.02. The number of rotatable bonds is 4. The number of hydrogen-bond donors (Lipinski definition) is 0. The topological polar surface area (TPSA) is 46.6 Å². The Hall–Kier alpha value is -1.68. The lowest BCUT2D eigenvalue weighted by Crippen LogP contribution is -2.37. The zero-order chi connectivity index (χ0) is 13.0. The van der Waals surface area contributed by atoms with E-state index in [1.807, 2.05) is 25.1 Å². The van der Waals surface area contributed by atoms with E-state index in [4.69, 9.17) is 4.74 Å². The van der Waals surface area contributed by atoms with Crippen LogP contribution in [0.15, 0.2) is 24.3 Å². The summed E-state index contributed by atoms with van der Waals surface area (Å²) in [5.74, 6) is 0.128. The predicted octanol–water partition coefficient (Wildman–Crippen LogP) is 2.03. The molecule has 96 valence electrons. The number of anilines is 1. The van der Waals surface area contributed by atoms with E-state index in [1.165, 1.54) is 0 Å². The Morgan fingerprint density at radius 2 is 2.17 bits per heavy atom. The molecule has 4 nitrogen and oxygen atoms in total. The highest BCUT2D eigenvalue weighted by Crippen LogP contribution is 2.27. The van der Waals surface area contributed by atoms with Gasteiger partial charge in [-0.15, -0.1) is 0 Å². The molecule has 0 saturated carbocycles. The van der Waals surface area contributed by atoms with Gasteiger partial charge in [0.2, 0.25) is 5.91 Å². The molecule has 0 aliphatic carbocycles. The Morgan fingerprint density at radius 3 is 2.94 bits per heavy atom. The van der Waals surface area contributed by atoms with Crippen LogP contribution < -0.4 is 4.90 Å². The van der Waals surface area contributed by atoms with Crippen LogP contribution in [0.2, 0.25) is 0 Å². The SMILES string of the molecule is CCOCCC(=O)N1CCC(=O)c2ccccc21. The molecule has 1 aliphatic rings. The van der Waals surface area contributed by atoms with Crippen LogP contribution in [-0.2, 0) is 9.53 Å². The minimum Gasteiger partial charge on any atom is -0.381 e. The maximum atomic E-state index is 12.1. The quantitative estimate of drug-likeness (QED) is 0.765. The van der Waals surface area contributed by atoms with E-state index in [0.717, 1.165) is 5.69 Å². The second-order valence-corrected chi connectivity index (χ2v) is 4.18. The fourth-order valence-corrected chi connectivity index (χ4v) is 2.11. The fourth-order valence-electron chi connectivity index (χ4n) is 2.11. The maximum absolute atomic E-state index is 12.1. The van der Waals surface area contributed by atoms with E-state index in [2.05, 4.69) is 0 Å². The molecule has 1 aromatic carbocycles. The lowest BCUT2D eigenvalue weighted by atomic mass is 10.0. The summed E-state index contributed by atoms with van der Waals surface area (Å²) in [6, 6.07) is 7.27. The average Bonchev–Trinajstić information content (AvgIpc) is 2.39. The first-order chi connectivity index (χ1) is 8.74. The smallest absolute Gasteiger partial charge is 0.229 e. The van der Waals surface area contributed by atoms with Crippen LogP contribution in [0.25, 0.3) is 0 Å². The van der Waals surface area contributed by atoms with Gasteiger partial charge in [0.1, 0.15) is 0 Å². The van der Waals surface area contributed by atoms with Crippen molar-refractivity contribution < 1.29 is 14.3 Å². The zero-order valence-corrected chi connectivity index (χ0v) is 10.5. The molecule has 4 heteroatoms. The van der Waals surface area contributed by atoms with Gasteiger partial charge in [0.25, 0.3) is 0 Å². The monoisotopic (exact) mass is 247 g/mol. The van der Waals surface area contributed by atoms with Gasteiger partial charge in [-0.1, -0.05) is 12.1 Å². The number of benzene rings is 1. The fraction of sp³-hybridized carbons (Fsp3) is 0.429. The molecule has 0 radical (unpaired) electrons. The lowest BCUT2D eigenvalue weighted by Gasteiger charge is -2.28. The molecular formula is C14H17NO3. The molecule has 0 unspecified atom stereocenters. The van der Waals surface area contributed by atoms with Crippen molar-refractivity contribution >= 4 is 17.4 Å². The maximum Gasteiger partial charge on any atom is 0.229 e. The highest BCUT2D eigenvalue weighted by atomic mass is 16.5. The van der Waals surface area contributed by atoms with Gasteiger partial charge in [-0.25, -0.2) is 0 Å². The predicted molar refractivity (Wildman–Crippen MR) is 68.9 cm³/mol. The molecule has 0 spiro atoms. The van der Waals surface area contributed by atoms with Crippen LogP contribution >= 0.6 is 0 Å². The molecule has 1 aromatic rings. The van der Waals surface area contributed by atoms with Gasteiger partial charge in [-0.2, -0.15) is 0 Å². The molecule has 1 amide bonds. The molecule has 0 aromatic heterocycles. The molecule has 1 aliphatic heterocycles. The van der Waals surface area contributed by atoms with Crippen LogP contribution in [0, 0.1) is 0 Å². The van der Waals surface area contributed by atoms with E-state index in [0.29, 0.717) is 38.2 Å². The first kappa shape index (κ1) is 12.8. The van der Waals surface area contributed by atoms with E-state index < -0.39 is 0 Å². The average molecular weight is 247 g/mol. The lowest BCUT2D eigenvalue weighted by molar-refractivity contribution is -0.119. The van der Waals surface area contributed by atoms with Crippen LogP contribution in [-0.4, -0.2) is 31.4 Å². The van der Waals surface area contributed by atoms with E-state index in [1.54, 1.807) is 11.0 Å². The summed E-state index contributed by atoms with van der Waals surface area (Å²) in [7, 11) is 0. The molecular weight excluding hydrogens is 230 g/mol. The van der Waals surface area contributed by atoms with Crippen molar-refractivity contribution in [2.24, 2.45) is 0 Å². The highest BCUT2D eigenvalue weighted by molar-refractivity contribution is 6.08. The number of fused-ring (bicyclic) bond motifs is 1. The number of hydrogen-bond acceptors (Lipinski definition) is 3. The van der Waals surface area contributed by atoms with Crippen LogP contribution in [0.3, 0.4) is 0 Å². The van der Waals surface area contributed by atoms with Crippen molar-refractivity contribution in [3.63, 3.8) is 0 Å². The summed E-state index contributed by atoms with van der Waals surface area (Å²) in [5.41, 5.74) is 1.38. The molecule has 0 N–H and O–H groups in total. The minimum absolute atomic E-state index is 0.0170. The number of Topliss-reactive ketones (excluding diaryl/α,β-unsaturated/α-hetero) is 1. The molecule has 18 heavy (non-hydrogen) atoms. The number of amides is 1. The van der Waals surface area contributed by atoms with E-state index in [9.17, 15) is 9.59 Å². The van der Waals surface area contributed by atoms with Crippen LogP contribution in [0.4, 0.5) is 5.69 Å². The van der Waals surface area contributed by atoms with Crippen molar-refractivity contribution in [1.82, 2.24) is 0 Å². The molecule has 0 bridgehead atoms. The number of carbonyl (C=O) groups excluding carboxylic acids is 2. The number of ether oxygens (including phenoxy) is 1. The van der Waals surface area contributed by atoms with Gasteiger partial charge in [-0.05, 0) is 19.1 Å². The first-order valence-electron chi connectivity index (χ1n) is 6.24. The Kier molecular flexibility index (Phi) is 4.10. The summed E-state index contributed by atoms with van der Waals surface area (Å²) in [5, 5.41) is 0. The Morgan fingerprint density at radius 1 is 1.39 bits per heavy atom. The number of ketones is 1. The van der Waals surface area contributed by atoms with Gasteiger partial charge in [0.15, 0.2) is 5.78 Å². The van der Waals surface area contributed by atoms with Crippen molar-refractivity contribution in [2.45, 2.75) is 19.8 Å². The normalized spacial score (nSPS) is 14.5. The summed E-state index contributed by atoms with van der Waals surface area (Å²) in [6.45, 7) is 3.42. The van der Waals surface area contributed by atoms with Crippen LogP contribution in [0.1, 0.15) is 30.1 Å². The molecule has 0 atom stereocenters. The molecule has 0 saturated heterocycles. The van der Waals surface area contributed by atoms with Crippen molar-refractivity contribution in [1.29, 1.82) is 0 Å². The molecule has 0 fully saturated rings. The molecule has 2 rings (SSSR count). The highest BCUT2D eigenvalue weighted by Gasteiger charge is 2.26. The summed E-state index contributed by atoms with van der Waals surface area (Å²) in [4.78, 5) is 25.5. The Labute approximate surface area is 107 Å². The Balaban J connectivity index is 2.13. The largest absolute Gasteiger partial charge is 0.381 e. The Bertz CT molecular complexity index is 456. The standard InChI is InChI=1S/C14H17NO3/c1-2-18-10-8-14(17)15-9-7-13(16)11-5-3-4-6-12(11)15/h3-6H,2,7-10H2,1H3. The molecule has 1 heterocycles. The van der Waals surface area contributed by atoms with Gasteiger partial charge in [0.05, 0.1) is 18.7 Å².